The first kappa shape index (κ1) is 13.5. The van der Waals surface area contributed by atoms with Gasteiger partial charge in [0.25, 0.3) is 0 Å². The Bertz CT molecular complexity index is 587. The second kappa shape index (κ2) is 5.34. The van der Waals surface area contributed by atoms with E-state index >= 15 is 0 Å². The molecular formula is C15H21N3O. The third-order valence-electron chi connectivity index (χ3n) is 3.61. The molecule has 0 fully saturated rings. The van der Waals surface area contributed by atoms with Crippen molar-refractivity contribution >= 4 is 5.69 Å². The minimum atomic E-state index is 0.771. The molecule has 19 heavy (non-hydrogen) atoms. The molecule has 0 atom stereocenters. The number of hydrogen-bond acceptors (Lipinski definition) is 3. The maximum absolute atomic E-state index is 5.44. The van der Waals surface area contributed by atoms with E-state index in [0.717, 1.165) is 29.1 Å². The van der Waals surface area contributed by atoms with Gasteiger partial charge >= 0.3 is 0 Å². The lowest BCUT2D eigenvalue weighted by Crippen LogP contribution is -2.04. The van der Waals surface area contributed by atoms with Gasteiger partial charge in [-0.25, -0.2) is 0 Å². The quantitative estimate of drug-likeness (QED) is 0.917. The molecular weight excluding hydrogens is 238 g/mol. The van der Waals surface area contributed by atoms with E-state index in [2.05, 4.69) is 43.3 Å². The molecule has 2 rings (SSSR count). The first-order valence-electron chi connectivity index (χ1n) is 6.40. The number of anilines is 1. The van der Waals surface area contributed by atoms with E-state index in [4.69, 9.17) is 4.74 Å². The Morgan fingerprint density at radius 3 is 2.58 bits per heavy atom. The van der Waals surface area contributed by atoms with Gasteiger partial charge in [-0.1, -0.05) is 6.07 Å². The zero-order valence-electron chi connectivity index (χ0n) is 12.2. The molecule has 0 unspecified atom stereocenters. The number of nitrogens with zero attached hydrogens (tertiary/aromatic N) is 2. The Labute approximate surface area is 114 Å². The molecule has 1 aromatic carbocycles. The Morgan fingerprint density at radius 1 is 1.26 bits per heavy atom. The molecule has 0 amide bonds. The zero-order chi connectivity index (χ0) is 14.0. The van der Waals surface area contributed by atoms with E-state index in [0.29, 0.717) is 0 Å². The third-order valence-corrected chi connectivity index (χ3v) is 3.61. The average Bonchev–Trinajstić information content (AvgIpc) is 2.70. The number of hydrogen-bond donors (Lipinski definition) is 1. The Balaban J connectivity index is 2.18. The van der Waals surface area contributed by atoms with Crippen LogP contribution in [-0.4, -0.2) is 16.9 Å². The fraction of sp³-hybridized carbons (Fsp3) is 0.400. The van der Waals surface area contributed by atoms with Crippen molar-refractivity contribution in [1.29, 1.82) is 0 Å². The van der Waals surface area contributed by atoms with Crippen LogP contribution in [0.4, 0.5) is 5.69 Å². The standard InChI is InChI=1S/C15H21N3O/c1-10-6-7-14(11(2)15(10)19-5)16-8-13-9-17-18(4)12(13)3/h6-7,9,16H,8H2,1-5H3. The number of benzene rings is 1. The number of ether oxygens (including phenoxy) is 1. The average molecular weight is 259 g/mol. The van der Waals surface area contributed by atoms with Crippen molar-refractivity contribution in [3.63, 3.8) is 0 Å². The van der Waals surface area contributed by atoms with Gasteiger partial charge in [0.1, 0.15) is 5.75 Å². The van der Waals surface area contributed by atoms with Gasteiger partial charge in [0.2, 0.25) is 0 Å². The molecule has 102 valence electrons. The van der Waals surface area contributed by atoms with Crippen LogP contribution in [0.5, 0.6) is 5.75 Å². The van der Waals surface area contributed by atoms with Crippen molar-refractivity contribution in [2.75, 3.05) is 12.4 Å². The van der Waals surface area contributed by atoms with Crippen molar-refractivity contribution in [1.82, 2.24) is 9.78 Å². The van der Waals surface area contributed by atoms with Gasteiger partial charge in [0.15, 0.2) is 0 Å². The number of aryl methyl sites for hydroxylation is 2. The van der Waals surface area contributed by atoms with Crippen LogP contribution in [0.2, 0.25) is 0 Å². The third kappa shape index (κ3) is 2.57. The molecule has 0 aliphatic rings. The first-order chi connectivity index (χ1) is 9.04. The second-order valence-corrected chi connectivity index (χ2v) is 4.82. The minimum absolute atomic E-state index is 0.771. The van der Waals surface area contributed by atoms with Crippen LogP contribution in [0.3, 0.4) is 0 Å². The summed E-state index contributed by atoms with van der Waals surface area (Å²) >= 11 is 0. The molecule has 1 N–H and O–H groups in total. The minimum Gasteiger partial charge on any atom is -0.496 e. The molecule has 0 radical (unpaired) electrons. The first-order valence-corrected chi connectivity index (χ1v) is 6.40. The molecule has 0 bridgehead atoms. The van der Waals surface area contributed by atoms with E-state index < -0.39 is 0 Å². The summed E-state index contributed by atoms with van der Waals surface area (Å²) in [6.45, 7) is 6.98. The second-order valence-electron chi connectivity index (χ2n) is 4.82. The lowest BCUT2D eigenvalue weighted by atomic mass is 10.1. The van der Waals surface area contributed by atoms with E-state index in [1.165, 1.54) is 11.3 Å². The molecule has 1 heterocycles. The molecule has 4 heteroatoms. The molecule has 1 aromatic heterocycles. The predicted molar refractivity (Wildman–Crippen MR) is 77.7 cm³/mol. The van der Waals surface area contributed by atoms with Gasteiger partial charge in [-0.15, -0.1) is 0 Å². The van der Waals surface area contributed by atoms with E-state index in [9.17, 15) is 0 Å². The van der Waals surface area contributed by atoms with Gasteiger partial charge in [0.05, 0.1) is 13.3 Å². The van der Waals surface area contributed by atoms with Gasteiger partial charge in [0, 0.05) is 36.1 Å². The normalized spacial score (nSPS) is 10.6. The number of rotatable bonds is 4. The lowest BCUT2D eigenvalue weighted by molar-refractivity contribution is 0.409. The highest BCUT2D eigenvalue weighted by atomic mass is 16.5. The van der Waals surface area contributed by atoms with Gasteiger partial charge in [-0.3, -0.25) is 4.68 Å². The lowest BCUT2D eigenvalue weighted by Gasteiger charge is -2.14. The number of methoxy groups -OCH3 is 1. The zero-order valence-corrected chi connectivity index (χ0v) is 12.2. The fourth-order valence-electron chi connectivity index (χ4n) is 2.24. The molecule has 2 aromatic rings. The fourth-order valence-corrected chi connectivity index (χ4v) is 2.24. The van der Waals surface area contributed by atoms with Crippen LogP contribution in [0.15, 0.2) is 18.3 Å². The Kier molecular flexibility index (Phi) is 3.79. The highest BCUT2D eigenvalue weighted by Crippen LogP contribution is 2.29. The summed E-state index contributed by atoms with van der Waals surface area (Å²) in [6.07, 6.45) is 1.91. The molecule has 0 aliphatic heterocycles. The number of nitrogens with one attached hydrogen (secondary N) is 1. The van der Waals surface area contributed by atoms with Crippen molar-refractivity contribution in [2.45, 2.75) is 27.3 Å². The van der Waals surface area contributed by atoms with Crippen molar-refractivity contribution in [3.8, 4) is 5.75 Å². The van der Waals surface area contributed by atoms with Crippen LogP contribution in [0.25, 0.3) is 0 Å². The van der Waals surface area contributed by atoms with Crippen molar-refractivity contribution in [3.05, 3.63) is 40.7 Å². The molecule has 0 aliphatic carbocycles. The summed E-state index contributed by atoms with van der Waals surface area (Å²) in [7, 11) is 3.67. The van der Waals surface area contributed by atoms with Crippen molar-refractivity contribution in [2.24, 2.45) is 7.05 Å². The van der Waals surface area contributed by atoms with Crippen LogP contribution in [0.1, 0.15) is 22.4 Å². The summed E-state index contributed by atoms with van der Waals surface area (Å²) in [5.74, 6) is 0.952. The summed E-state index contributed by atoms with van der Waals surface area (Å²) < 4.78 is 7.33. The topological polar surface area (TPSA) is 39.1 Å². The maximum atomic E-state index is 5.44. The summed E-state index contributed by atoms with van der Waals surface area (Å²) in [5, 5.41) is 7.70. The Hall–Kier alpha value is -1.97. The smallest absolute Gasteiger partial charge is 0.126 e. The maximum Gasteiger partial charge on any atom is 0.126 e. The largest absolute Gasteiger partial charge is 0.496 e. The Morgan fingerprint density at radius 2 is 2.00 bits per heavy atom. The number of aromatic nitrogens is 2. The van der Waals surface area contributed by atoms with E-state index in [1.54, 1.807) is 7.11 Å². The highest BCUT2D eigenvalue weighted by molar-refractivity contribution is 5.59. The predicted octanol–water partition coefficient (Wildman–Crippen LogP) is 2.97. The van der Waals surface area contributed by atoms with Crippen LogP contribution in [0, 0.1) is 20.8 Å². The molecule has 0 saturated carbocycles. The molecule has 0 saturated heterocycles. The summed E-state index contributed by atoms with van der Waals surface area (Å²) in [4.78, 5) is 0. The van der Waals surface area contributed by atoms with Crippen molar-refractivity contribution < 1.29 is 4.74 Å². The highest BCUT2D eigenvalue weighted by Gasteiger charge is 2.09. The molecule has 4 nitrogen and oxygen atoms in total. The molecule has 0 spiro atoms. The SMILES string of the molecule is COc1c(C)ccc(NCc2cnn(C)c2C)c1C. The van der Waals surface area contributed by atoms with Crippen LogP contribution in [-0.2, 0) is 13.6 Å². The van der Waals surface area contributed by atoms with E-state index in [-0.39, 0.29) is 0 Å². The van der Waals surface area contributed by atoms with Gasteiger partial charge < -0.3 is 10.1 Å². The summed E-state index contributed by atoms with van der Waals surface area (Å²) in [6, 6.07) is 4.17. The van der Waals surface area contributed by atoms with Crippen LogP contribution >= 0.6 is 0 Å². The summed E-state index contributed by atoms with van der Waals surface area (Å²) in [5.41, 5.74) is 5.79. The van der Waals surface area contributed by atoms with Crippen LogP contribution < -0.4 is 10.1 Å². The van der Waals surface area contributed by atoms with Gasteiger partial charge in [-0.2, -0.15) is 5.10 Å². The van der Waals surface area contributed by atoms with E-state index in [1.807, 2.05) is 17.9 Å². The monoisotopic (exact) mass is 259 g/mol. The van der Waals surface area contributed by atoms with Gasteiger partial charge in [-0.05, 0) is 32.4 Å².